The van der Waals surface area contributed by atoms with Crippen molar-refractivity contribution >= 4 is 32.9 Å². The molecular weight excluding hydrogens is 496 g/mol. The standard InChI is InChI=1S/C26H29BrN4O3/c1-4-26(5-2,25(32)33)15-24-28-22-10-9-21(34-17-20-11-12-30(3)29-20)14-23(22)31(24)16-18-7-6-8-19(27)13-18/h6-14H,4-5,15-17H2,1-3H3,(H,32,33). The molecule has 2 heterocycles. The summed E-state index contributed by atoms with van der Waals surface area (Å²) < 4.78 is 10.9. The predicted molar refractivity (Wildman–Crippen MR) is 135 cm³/mol. The molecule has 2 aromatic heterocycles. The summed E-state index contributed by atoms with van der Waals surface area (Å²) in [5.74, 6) is 0.705. The summed E-state index contributed by atoms with van der Waals surface area (Å²) in [6.07, 6.45) is 3.33. The van der Waals surface area contributed by atoms with Crippen LogP contribution in [0.5, 0.6) is 5.75 Å². The van der Waals surface area contributed by atoms with Gasteiger partial charge in [-0.05, 0) is 48.7 Å². The van der Waals surface area contributed by atoms with E-state index in [0.29, 0.717) is 32.4 Å². The topological polar surface area (TPSA) is 82.2 Å². The highest BCUT2D eigenvalue weighted by Crippen LogP contribution is 2.33. The average molecular weight is 525 g/mol. The van der Waals surface area contributed by atoms with Gasteiger partial charge in [-0.25, -0.2) is 4.98 Å². The van der Waals surface area contributed by atoms with Gasteiger partial charge in [-0.1, -0.05) is 41.9 Å². The maximum Gasteiger partial charge on any atom is 0.310 e. The minimum absolute atomic E-state index is 0.363. The number of benzene rings is 2. The van der Waals surface area contributed by atoms with Crippen LogP contribution in [0.3, 0.4) is 0 Å². The predicted octanol–water partition coefficient (Wildman–Crippen LogP) is 5.59. The lowest BCUT2D eigenvalue weighted by molar-refractivity contribution is -0.149. The van der Waals surface area contributed by atoms with Gasteiger partial charge < -0.3 is 14.4 Å². The van der Waals surface area contributed by atoms with Crippen LogP contribution in [0.2, 0.25) is 0 Å². The molecule has 2 aromatic carbocycles. The van der Waals surface area contributed by atoms with E-state index in [2.05, 4.69) is 37.7 Å². The number of halogens is 1. The number of aryl methyl sites for hydroxylation is 1. The van der Waals surface area contributed by atoms with Gasteiger partial charge in [-0.15, -0.1) is 0 Å². The van der Waals surface area contributed by atoms with Crippen molar-refractivity contribution in [3.63, 3.8) is 0 Å². The first-order valence-electron chi connectivity index (χ1n) is 11.4. The molecule has 8 heteroatoms. The van der Waals surface area contributed by atoms with E-state index in [1.165, 1.54) is 0 Å². The number of hydrogen-bond acceptors (Lipinski definition) is 4. The first kappa shape index (κ1) is 24.0. The number of rotatable bonds is 10. The number of fused-ring (bicyclic) bond motifs is 1. The van der Waals surface area contributed by atoms with Crippen LogP contribution in [0.25, 0.3) is 11.0 Å². The van der Waals surface area contributed by atoms with Crippen molar-refractivity contribution in [1.82, 2.24) is 19.3 Å². The molecule has 0 aliphatic heterocycles. The van der Waals surface area contributed by atoms with Crippen molar-refractivity contribution in [2.45, 2.75) is 46.3 Å². The summed E-state index contributed by atoms with van der Waals surface area (Å²) in [6, 6.07) is 15.9. The molecule has 0 aliphatic rings. The smallest absolute Gasteiger partial charge is 0.310 e. The van der Waals surface area contributed by atoms with Crippen molar-refractivity contribution < 1.29 is 14.6 Å². The fraction of sp³-hybridized carbons (Fsp3) is 0.346. The van der Waals surface area contributed by atoms with Crippen molar-refractivity contribution in [3.8, 4) is 5.75 Å². The molecule has 7 nitrogen and oxygen atoms in total. The third kappa shape index (κ3) is 5.01. The SMILES string of the molecule is CCC(CC)(Cc1nc2ccc(OCc3ccn(C)n3)cc2n1Cc1cccc(Br)c1)C(=O)O. The normalized spacial score (nSPS) is 11.8. The zero-order valence-electron chi connectivity index (χ0n) is 19.7. The summed E-state index contributed by atoms with van der Waals surface area (Å²) in [5.41, 5.74) is 2.84. The number of carbonyl (C=O) groups is 1. The summed E-state index contributed by atoms with van der Waals surface area (Å²) in [5, 5.41) is 14.4. The zero-order valence-corrected chi connectivity index (χ0v) is 21.2. The van der Waals surface area contributed by atoms with E-state index in [0.717, 1.165) is 38.3 Å². The van der Waals surface area contributed by atoms with Gasteiger partial charge in [-0.2, -0.15) is 5.10 Å². The van der Waals surface area contributed by atoms with Gasteiger partial charge in [0, 0.05) is 36.7 Å². The van der Waals surface area contributed by atoms with Crippen LogP contribution in [0, 0.1) is 5.41 Å². The van der Waals surface area contributed by atoms with Crippen LogP contribution in [-0.4, -0.2) is 30.4 Å². The Hall–Kier alpha value is -3.13. The molecule has 4 aromatic rings. The number of carboxylic acid groups (broad SMARTS) is 1. The Kier molecular flexibility index (Phi) is 7.07. The number of carboxylic acids is 1. The molecule has 0 aliphatic carbocycles. The molecule has 0 saturated heterocycles. The number of ether oxygens (including phenoxy) is 1. The van der Waals surface area contributed by atoms with Crippen LogP contribution in [-0.2, 0) is 31.4 Å². The van der Waals surface area contributed by atoms with E-state index < -0.39 is 11.4 Å². The summed E-state index contributed by atoms with van der Waals surface area (Å²) >= 11 is 3.55. The van der Waals surface area contributed by atoms with Gasteiger partial charge in [0.15, 0.2) is 0 Å². The molecule has 0 unspecified atom stereocenters. The molecule has 4 rings (SSSR count). The van der Waals surface area contributed by atoms with Gasteiger partial charge in [0.2, 0.25) is 0 Å². The molecule has 1 N–H and O–H groups in total. The van der Waals surface area contributed by atoms with Crippen molar-refractivity contribution in [2.24, 2.45) is 12.5 Å². The summed E-state index contributed by atoms with van der Waals surface area (Å²) in [6.45, 7) is 4.82. The van der Waals surface area contributed by atoms with E-state index in [4.69, 9.17) is 9.72 Å². The maximum atomic E-state index is 12.2. The Morgan fingerprint density at radius 2 is 1.94 bits per heavy atom. The lowest BCUT2D eigenvalue weighted by atomic mass is 9.79. The summed E-state index contributed by atoms with van der Waals surface area (Å²) in [7, 11) is 1.88. The van der Waals surface area contributed by atoms with E-state index >= 15 is 0 Å². The Balaban J connectivity index is 1.74. The molecule has 178 valence electrons. The molecule has 0 spiro atoms. The highest BCUT2D eigenvalue weighted by atomic mass is 79.9. The number of aromatic nitrogens is 4. The third-order valence-corrected chi connectivity index (χ3v) is 6.98. The van der Waals surface area contributed by atoms with Gasteiger partial charge in [0.25, 0.3) is 0 Å². The Morgan fingerprint density at radius 1 is 1.15 bits per heavy atom. The second-order valence-electron chi connectivity index (χ2n) is 8.63. The Labute approximate surface area is 207 Å². The van der Waals surface area contributed by atoms with Crippen LogP contribution < -0.4 is 4.74 Å². The molecule has 0 saturated carbocycles. The largest absolute Gasteiger partial charge is 0.487 e. The molecular formula is C26H29BrN4O3. The van der Waals surface area contributed by atoms with Crippen molar-refractivity contribution in [3.05, 3.63) is 76.3 Å². The van der Waals surface area contributed by atoms with Gasteiger partial charge in [0.1, 0.15) is 18.2 Å². The average Bonchev–Trinajstić information content (AvgIpc) is 3.38. The minimum Gasteiger partial charge on any atom is -0.487 e. The Morgan fingerprint density at radius 3 is 2.59 bits per heavy atom. The number of imidazole rings is 1. The van der Waals surface area contributed by atoms with E-state index in [-0.39, 0.29) is 0 Å². The van der Waals surface area contributed by atoms with Gasteiger partial charge in [-0.3, -0.25) is 9.48 Å². The highest BCUT2D eigenvalue weighted by Gasteiger charge is 2.36. The van der Waals surface area contributed by atoms with Gasteiger partial charge in [0.05, 0.1) is 22.1 Å². The lowest BCUT2D eigenvalue weighted by Gasteiger charge is -2.26. The molecule has 0 bridgehead atoms. The monoisotopic (exact) mass is 524 g/mol. The number of nitrogens with zero attached hydrogens (tertiary/aromatic N) is 4. The first-order chi connectivity index (χ1) is 16.3. The van der Waals surface area contributed by atoms with Gasteiger partial charge >= 0.3 is 5.97 Å². The Bertz CT molecular complexity index is 1310. The van der Waals surface area contributed by atoms with E-state index in [1.807, 2.05) is 63.5 Å². The van der Waals surface area contributed by atoms with Crippen LogP contribution >= 0.6 is 15.9 Å². The number of hydrogen-bond donors (Lipinski definition) is 1. The number of aliphatic carboxylic acids is 1. The third-order valence-electron chi connectivity index (χ3n) is 6.49. The maximum absolute atomic E-state index is 12.2. The minimum atomic E-state index is -0.852. The van der Waals surface area contributed by atoms with Crippen LogP contribution in [0.1, 0.15) is 43.8 Å². The second kappa shape index (κ2) is 10.0. The summed E-state index contributed by atoms with van der Waals surface area (Å²) in [4.78, 5) is 17.1. The highest BCUT2D eigenvalue weighted by molar-refractivity contribution is 9.10. The fourth-order valence-corrected chi connectivity index (χ4v) is 4.70. The van der Waals surface area contributed by atoms with Crippen molar-refractivity contribution in [2.75, 3.05) is 0 Å². The quantitative estimate of drug-likeness (QED) is 0.292. The van der Waals surface area contributed by atoms with E-state index in [1.54, 1.807) is 4.68 Å². The fourth-order valence-electron chi connectivity index (χ4n) is 4.25. The molecule has 34 heavy (non-hydrogen) atoms. The first-order valence-corrected chi connectivity index (χ1v) is 12.2. The molecule has 0 radical (unpaired) electrons. The molecule has 0 atom stereocenters. The van der Waals surface area contributed by atoms with Crippen LogP contribution in [0.4, 0.5) is 0 Å². The molecule has 0 amide bonds. The lowest BCUT2D eigenvalue weighted by Crippen LogP contribution is -2.33. The van der Waals surface area contributed by atoms with Crippen LogP contribution in [0.15, 0.2) is 59.2 Å². The van der Waals surface area contributed by atoms with Crippen molar-refractivity contribution in [1.29, 1.82) is 0 Å². The van der Waals surface area contributed by atoms with E-state index in [9.17, 15) is 9.90 Å². The molecule has 0 fully saturated rings. The zero-order chi connectivity index (χ0) is 24.3. The second-order valence-corrected chi connectivity index (χ2v) is 9.55.